The molecule has 2 aromatic rings. The Bertz CT molecular complexity index is 538. The van der Waals surface area contributed by atoms with E-state index in [2.05, 4.69) is 76.4 Å². The van der Waals surface area contributed by atoms with Gasteiger partial charge in [0.2, 0.25) is 0 Å². The van der Waals surface area contributed by atoms with Crippen molar-refractivity contribution >= 4 is 40.0 Å². The molecule has 0 bridgehead atoms. The second-order valence-corrected chi connectivity index (χ2v) is 6.74. The Morgan fingerprint density at radius 2 is 1.89 bits per heavy atom. The van der Waals surface area contributed by atoms with E-state index in [-0.39, 0.29) is 0 Å². The second-order valence-electron chi connectivity index (χ2n) is 4.43. The molecule has 1 aliphatic heterocycles. The summed E-state index contributed by atoms with van der Waals surface area (Å²) in [6.07, 6.45) is 0. The number of fused-ring (bicyclic) bond motifs is 1. The molecule has 0 fully saturated rings. The van der Waals surface area contributed by atoms with Gasteiger partial charge in [-0.2, -0.15) is 0 Å². The highest BCUT2D eigenvalue weighted by Crippen LogP contribution is 2.39. The van der Waals surface area contributed by atoms with Crippen molar-refractivity contribution in [2.45, 2.75) is 10.8 Å². The molecule has 92 valence electrons. The van der Waals surface area contributed by atoms with Crippen molar-refractivity contribution in [3.63, 3.8) is 0 Å². The monoisotopic (exact) mass is 367 g/mol. The second kappa shape index (κ2) is 5.53. The van der Waals surface area contributed by atoms with Crippen LogP contribution in [-0.2, 0) is 0 Å². The number of nitrogens with one attached hydrogen (secondary N) is 1. The number of hydrogen-bond donors (Lipinski definition) is 1. The third-order valence-electron chi connectivity index (χ3n) is 3.20. The SMILES string of the molecule is Ic1ccc(NCC2CSc3ccccc32)cc1. The zero-order chi connectivity index (χ0) is 12.4. The molecule has 1 aliphatic rings. The fourth-order valence-electron chi connectivity index (χ4n) is 2.21. The Hall–Kier alpha value is -0.680. The van der Waals surface area contributed by atoms with E-state index < -0.39 is 0 Å². The lowest BCUT2D eigenvalue weighted by molar-refractivity contribution is 0.819. The summed E-state index contributed by atoms with van der Waals surface area (Å²) in [5, 5.41) is 3.54. The van der Waals surface area contributed by atoms with Crippen molar-refractivity contribution < 1.29 is 0 Å². The smallest absolute Gasteiger partial charge is 0.0341 e. The Kier molecular flexibility index (Phi) is 3.80. The first kappa shape index (κ1) is 12.4. The molecular weight excluding hydrogens is 353 g/mol. The molecule has 1 unspecified atom stereocenters. The van der Waals surface area contributed by atoms with Crippen LogP contribution in [0.1, 0.15) is 11.5 Å². The molecule has 2 aromatic carbocycles. The van der Waals surface area contributed by atoms with Crippen LogP contribution >= 0.6 is 34.4 Å². The summed E-state index contributed by atoms with van der Waals surface area (Å²) in [5.74, 6) is 1.82. The Morgan fingerprint density at radius 3 is 2.72 bits per heavy atom. The van der Waals surface area contributed by atoms with Crippen LogP contribution in [0.5, 0.6) is 0 Å². The van der Waals surface area contributed by atoms with Gasteiger partial charge in [-0.1, -0.05) is 18.2 Å². The normalized spacial score (nSPS) is 17.5. The molecule has 0 saturated carbocycles. The molecule has 1 N–H and O–H groups in total. The highest BCUT2D eigenvalue weighted by molar-refractivity contribution is 14.1. The third kappa shape index (κ3) is 2.67. The molecular formula is C15H14INS. The minimum Gasteiger partial charge on any atom is -0.384 e. The fourth-order valence-corrected chi connectivity index (χ4v) is 3.82. The zero-order valence-corrected chi connectivity index (χ0v) is 12.9. The summed E-state index contributed by atoms with van der Waals surface area (Å²) in [6.45, 7) is 1.02. The Morgan fingerprint density at radius 1 is 1.11 bits per heavy atom. The van der Waals surface area contributed by atoms with Crippen molar-refractivity contribution in [1.29, 1.82) is 0 Å². The van der Waals surface area contributed by atoms with E-state index in [1.807, 2.05) is 11.8 Å². The van der Waals surface area contributed by atoms with Gasteiger partial charge in [-0.05, 0) is 58.5 Å². The van der Waals surface area contributed by atoms with Gasteiger partial charge >= 0.3 is 0 Å². The first-order valence-electron chi connectivity index (χ1n) is 6.04. The van der Waals surface area contributed by atoms with Gasteiger partial charge in [-0.25, -0.2) is 0 Å². The van der Waals surface area contributed by atoms with Crippen molar-refractivity contribution in [1.82, 2.24) is 0 Å². The molecule has 1 nitrogen and oxygen atoms in total. The van der Waals surface area contributed by atoms with E-state index in [1.54, 1.807) is 0 Å². The van der Waals surface area contributed by atoms with Crippen molar-refractivity contribution in [2.24, 2.45) is 0 Å². The molecule has 0 amide bonds. The Balaban J connectivity index is 1.67. The van der Waals surface area contributed by atoms with Crippen LogP contribution in [0.15, 0.2) is 53.4 Å². The highest BCUT2D eigenvalue weighted by atomic mass is 127. The third-order valence-corrected chi connectivity index (χ3v) is 5.17. The Labute approximate surface area is 126 Å². The van der Waals surface area contributed by atoms with Crippen LogP contribution in [0.2, 0.25) is 0 Å². The summed E-state index contributed by atoms with van der Waals surface area (Å²) < 4.78 is 1.28. The average molecular weight is 367 g/mol. The van der Waals surface area contributed by atoms with Gasteiger partial charge in [-0.15, -0.1) is 11.8 Å². The van der Waals surface area contributed by atoms with Gasteiger partial charge < -0.3 is 5.32 Å². The highest BCUT2D eigenvalue weighted by Gasteiger charge is 2.21. The molecule has 0 aliphatic carbocycles. The van der Waals surface area contributed by atoms with E-state index in [0.717, 1.165) is 6.54 Å². The fraction of sp³-hybridized carbons (Fsp3) is 0.200. The molecule has 3 rings (SSSR count). The maximum atomic E-state index is 3.54. The van der Waals surface area contributed by atoms with Gasteiger partial charge in [-0.3, -0.25) is 0 Å². The maximum absolute atomic E-state index is 3.54. The summed E-state index contributed by atoms with van der Waals surface area (Å²) >= 11 is 4.30. The standard InChI is InChI=1S/C15H14INS/c16-12-5-7-13(8-6-12)17-9-11-10-18-15-4-2-1-3-14(11)15/h1-8,11,17H,9-10H2. The van der Waals surface area contributed by atoms with Crippen LogP contribution in [0.3, 0.4) is 0 Å². The van der Waals surface area contributed by atoms with Crippen LogP contribution in [-0.4, -0.2) is 12.3 Å². The van der Waals surface area contributed by atoms with Gasteiger partial charge in [0.25, 0.3) is 0 Å². The lowest BCUT2D eigenvalue weighted by Gasteiger charge is -2.13. The van der Waals surface area contributed by atoms with E-state index in [1.165, 1.54) is 25.5 Å². The van der Waals surface area contributed by atoms with Crippen LogP contribution in [0.25, 0.3) is 0 Å². The number of halogens is 1. The summed E-state index contributed by atoms with van der Waals surface area (Å²) in [4.78, 5) is 1.45. The summed E-state index contributed by atoms with van der Waals surface area (Å²) in [6, 6.07) is 17.3. The number of benzene rings is 2. The molecule has 0 aromatic heterocycles. The zero-order valence-electron chi connectivity index (χ0n) is 9.90. The quantitative estimate of drug-likeness (QED) is 0.797. The molecule has 0 saturated heterocycles. The van der Waals surface area contributed by atoms with Crippen molar-refractivity contribution in [3.8, 4) is 0 Å². The summed E-state index contributed by atoms with van der Waals surface area (Å²) in [7, 11) is 0. The predicted octanol–water partition coefficient (Wildman–Crippen LogP) is 4.59. The first-order valence-corrected chi connectivity index (χ1v) is 8.10. The molecule has 3 heteroatoms. The molecule has 0 radical (unpaired) electrons. The van der Waals surface area contributed by atoms with Crippen molar-refractivity contribution in [2.75, 3.05) is 17.6 Å². The van der Waals surface area contributed by atoms with Gasteiger partial charge in [0.1, 0.15) is 0 Å². The van der Waals surface area contributed by atoms with Gasteiger partial charge in [0.05, 0.1) is 0 Å². The number of rotatable bonds is 3. The molecule has 0 spiro atoms. The topological polar surface area (TPSA) is 12.0 Å². The number of thioether (sulfide) groups is 1. The van der Waals surface area contributed by atoms with E-state index in [0.29, 0.717) is 5.92 Å². The lowest BCUT2D eigenvalue weighted by atomic mass is 10.0. The lowest BCUT2D eigenvalue weighted by Crippen LogP contribution is -2.12. The average Bonchev–Trinajstić information content (AvgIpc) is 2.82. The van der Waals surface area contributed by atoms with E-state index in [9.17, 15) is 0 Å². The molecule has 1 atom stereocenters. The van der Waals surface area contributed by atoms with E-state index in [4.69, 9.17) is 0 Å². The minimum atomic E-state index is 0.630. The minimum absolute atomic E-state index is 0.630. The van der Waals surface area contributed by atoms with Gasteiger partial charge in [0, 0.05) is 32.4 Å². The molecule has 1 heterocycles. The first-order chi connectivity index (χ1) is 8.83. The maximum Gasteiger partial charge on any atom is 0.0341 e. The molecule has 18 heavy (non-hydrogen) atoms. The van der Waals surface area contributed by atoms with Crippen LogP contribution in [0.4, 0.5) is 5.69 Å². The van der Waals surface area contributed by atoms with E-state index >= 15 is 0 Å². The predicted molar refractivity (Wildman–Crippen MR) is 87.6 cm³/mol. The number of hydrogen-bond acceptors (Lipinski definition) is 2. The van der Waals surface area contributed by atoms with Crippen LogP contribution in [0, 0.1) is 3.57 Å². The summed E-state index contributed by atoms with van der Waals surface area (Å²) in [5.41, 5.74) is 2.71. The van der Waals surface area contributed by atoms with Gasteiger partial charge in [0.15, 0.2) is 0 Å². The number of anilines is 1. The largest absolute Gasteiger partial charge is 0.384 e. The van der Waals surface area contributed by atoms with Crippen LogP contribution < -0.4 is 5.32 Å². The van der Waals surface area contributed by atoms with Crippen molar-refractivity contribution in [3.05, 3.63) is 57.7 Å².